The quantitative estimate of drug-likeness (QED) is 0.167. The lowest BCUT2D eigenvalue weighted by molar-refractivity contribution is 1.30. The van der Waals surface area contributed by atoms with Crippen LogP contribution in [0, 0.1) is 0 Å². The van der Waals surface area contributed by atoms with E-state index in [4.69, 9.17) is 0 Å². The maximum absolute atomic E-state index is 2.49. The van der Waals surface area contributed by atoms with Crippen molar-refractivity contribution < 1.29 is 0 Å². The molecule has 0 saturated carbocycles. The molecule has 11 aromatic carbocycles. The molecule has 2 heteroatoms. The molecule has 0 N–H and O–H groups in total. The van der Waals surface area contributed by atoms with E-state index in [0.717, 1.165) is 11.4 Å². The smallest absolute Gasteiger partial charge is 0.0619 e. The van der Waals surface area contributed by atoms with Gasteiger partial charge >= 0.3 is 0 Å². The summed E-state index contributed by atoms with van der Waals surface area (Å²) in [5, 5.41) is 12.7. The summed E-state index contributed by atoms with van der Waals surface area (Å²) in [7, 11) is 0. The summed E-state index contributed by atoms with van der Waals surface area (Å²) in [6.07, 6.45) is 0. The highest BCUT2D eigenvalue weighted by molar-refractivity contribution is 6.25. The van der Waals surface area contributed by atoms with Crippen molar-refractivity contribution in [1.29, 1.82) is 0 Å². The Kier molecular flexibility index (Phi) is 6.47. The van der Waals surface area contributed by atoms with Crippen LogP contribution in [0.3, 0.4) is 0 Å². The third kappa shape index (κ3) is 4.37. The van der Waals surface area contributed by atoms with Crippen molar-refractivity contribution in [3.05, 3.63) is 206 Å². The van der Waals surface area contributed by atoms with Gasteiger partial charge in [-0.25, -0.2) is 0 Å². The van der Waals surface area contributed by atoms with Gasteiger partial charge in [0.05, 0.1) is 22.7 Å². The Bertz CT molecular complexity index is 3500. The zero-order valence-electron chi connectivity index (χ0n) is 31.5. The summed E-state index contributed by atoms with van der Waals surface area (Å²) < 4.78 is 0. The molecule has 58 heavy (non-hydrogen) atoms. The van der Waals surface area contributed by atoms with Crippen LogP contribution in [-0.2, 0) is 0 Å². The normalized spacial score (nSPS) is 12.8. The molecule has 13 rings (SSSR count). The number of benzene rings is 11. The summed E-state index contributed by atoms with van der Waals surface area (Å²) in [6.45, 7) is 0. The molecule has 0 amide bonds. The molecule has 2 aliphatic rings. The van der Waals surface area contributed by atoms with Gasteiger partial charge in [0.15, 0.2) is 0 Å². The fraction of sp³-hybridized carbons (Fsp3) is 0. The minimum absolute atomic E-state index is 1.15. The van der Waals surface area contributed by atoms with E-state index in [2.05, 4.69) is 216 Å². The Labute approximate surface area is 336 Å². The SMILES string of the molecule is c1ccc2c3c(ccc2c1)-c1cccc2cccc(c12)N3c1ccc(-c2ccc(N3c4c(ccc5ccccc45)-c4c5ccccc5cc5cccc3c45)cc2)cc1. The van der Waals surface area contributed by atoms with Crippen molar-refractivity contribution in [1.82, 2.24) is 0 Å². The first-order valence-electron chi connectivity index (χ1n) is 20.1. The van der Waals surface area contributed by atoms with E-state index in [1.165, 1.54) is 110 Å². The summed E-state index contributed by atoms with van der Waals surface area (Å²) in [5.41, 5.74) is 14.7. The van der Waals surface area contributed by atoms with Crippen LogP contribution in [0.4, 0.5) is 34.1 Å². The maximum atomic E-state index is 2.49. The number of rotatable bonds is 3. The highest BCUT2D eigenvalue weighted by Gasteiger charge is 2.30. The summed E-state index contributed by atoms with van der Waals surface area (Å²) in [6, 6.07) is 76.3. The monoisotopic (exact) mass is 734 g/mol. The number of fused-ring (bicyclic) bond motifs is 10. The molecule has 0 spiro atoms. The molecule has 0 radical (unpaired) electrons. The number of anilines is 6. The Morgan fingerprint density at radius 3 is 1.40 bits per heavy atom. The second kappa shape index (κ2) is 11.9. The van der Waals surface area contributed by atoms with Crippen LogP contribution in [0.1, 0.15) is 0 Å². The Morgan fingerprint density at radius 1 is 0.276 bits per heavy atom. The molecule has 11 aromatic rings. The lowest BCUT2D eigenvalue weighted by atomic mass is 9.85. The molecular formula is C56H34N2. The van der Waals surface area contributed by atoms with Crippen molar-refractivity contribution in [2.45, 2.75) is 0 Å². The predicted molar refractivity (Wildman–Crippen MR) is 247 cm³/mol. The Balaban J connectivity index is 0.942. The van der Waals surface area contributed by atoms with Crippen molar-refractivity contribution in [3.63, 3.8) is 0 Å². The second-order valence-electron chi connectivity index (χ2n) is 15.7. The van der Waals surface area contributed by atoms with Gasteiger partial charge in [0, 0.05) is 49.6 Å². The molecule has 2 nitrogen and oxygen atoms in total. The highest BCUT2D eigenvalue weighted by atomic mass is 15.2. The molecule has 0 atom stereocenters. The first-order valence-corrected chi connectivity index (χ1v) is 20.1. The third-order valence-corrected chi connectivity index (χ3v) is 12.6. The van der Waals surface area contributed by atoms with Crippen LogP contribution < -0.4 is 9.80 Å². The molecule has 2 aliphatic heterocycles. The van der Waals surface area contributed by atoms with Crippen LogP contribution >= 0.6 is 0 Å². The third-order valence-electron chi connectivity index (χ3n) is 12.6. The molecule has 0 unspecified atom stereocenters. The number of nitrogens with zero attached hydrogens (tertiary/aromatic N) is 2. The van der Waals surface area contributed by atoms with E-state index >= 15 is 0 Å². The molecule has 0 aliphatic carbocycles. The van der Waals surface area contributed by atoms with E-state index in [1.54, 1.807) is 0 Å². The summed E-state index contributed by atoms with van der Waals surface area (Å²) in [5.74, 6) is 0. The number of hydrogen-bond donors (Lipinski definition) is 0. The molecule has 0 fully saturated rings. The van der Waals surface area contributed by atoms with E-state index in [0.29, 0.717) is 0 Å². The second-order valence-corrected chi connectivity index (χ2v) is 15.7. The lowest BCUT2D eigenvalue weighted by Crippen LogP contribution is -2.16. The van der Waals surface area contributed by atoms with Gasteiger partial charge in [-0.1, -0.05) is 164 Å². The van der Waals surface area contributed by atoms with Gasteiger partial charge in [0.1, 0.15) is 0 Å². The average molecular weight is 735 g/mol. The minimum atomic E-state index is 1.15. The predicted octanol–water partition coefficient (Wildman–Crippen LogP) is 16.0. The molecule has 268 valence electrons. The van der Waals surface area contributed by atoms with Crippen LogP contribution in [0.5, 0.6) is 0 Å². The fourth-order valence-electron chi connectivity index (χ4n) is 10.1. The van der Waals surface area contributed by atoms with Gasteiger partial charge in [-0.05, 0) is 91.5 Å². The van der Waals surface area contributed by atoms with Crippen LogP contribution in [0.15, 0.2) is 206 Å². The zero-order valence-corrected chi connectivity index (χ0v) is 31.5. The van der Waals surface area contributed by atoms with E-state index in [1.807, 2.05) is 0 Å². The van der Waals surface area contributed by atoms with E-state index < -0.39 is 0 Å². The van der Waals surface area contributed by atoms with Gasteiger partial charge in [0.25, 0.3) is 0 Å². The standard InChI is InChI=1S/C56H34N2/c1-5-17-45-37(10-1)26-32-48-47-19-7-13-39-14-8-20-50(52(39)47)57(55(45)48)42-28-22-35(23-29-42)36-24-30-43(31-25-36)58-51-21-9-15-41-34-40-12-3-4-16-44(40)54(53(41)51)49-33-27-38-11-2-6-18-46(38)56(49)58/h1-34H. The fourth-order valence-corrected chi connectivity index (χ4v) is 10.1. The van der Waals surface area contributed by atoms with Gasteiger partial charge in [0.2, 0.25) is 0 Å². The van der Waals surface area contributed by atoms with Crippen molar-refractivity contribution in [2.24, 2.45) is 0 Å². The summed E-state index contributed by atoms with van der Waals surface area (Å²) in [4.78, 5) is 4.96. The maximum Gasteiger partial charge on any atom is 0.0619 e. The van der Waals surface area contributed by atoms with Crippen molar-refractivity contribution >= 4 is 88.0 Å². The molecule has 0 aromatic heterocycles. The van der Waals surface area contributed by atoms with Gasteiger partial charge in [-0.3, -0.25) is 0 Å². The van der Waals surface area contributed by atoms with Crippen molar-refractivity contribution in [2.75, 3.05) is 9.80 Å². The molecule has 2 heterocycles. The molecular weight excluding hydrogens is 701 g/mol. The first kappa shape index (κ1) is 31.5. The van der Waals surface area contributed by atoms with Crippen LogP contribution in [0.2, 0.25) is 0 Å². The van der Waals surface area contributed by atoms with Crippen LogP contribution in [0.25, 0.3) is 87.2 Å². The van der Waals surface area contributed by atoms with Gasteiger partial charge in [-0.2, -0.15) is 0 Å². The largest absolute Gasteiger partial charge is 0.309 e. The Morgan fingerprint density at radius 2 is 0.759 bits per heavy atom. The van der Waals surface area contributed by atoms with Gasteiger partial charge in [-0.15, -0.1) is 0 Å². The highest BCUT2D eigenvalue weighted by Crippen LogP contribution is 2.56. The lowest BCUT2D eigenvalue weighted by Gasteiger charge is -2.35. The zero-order chi connectivity index (χ0) is 37.9. The average Bonchev–Trinajstić information content (AvgIpc) is 3.29. The summed E-state index contributed by atoms with van der Waals surface area (Å²) >= 11 is 0. The van der Waals surface area contributed by atoms with E-state index in [9.17, 15) is 0 Å². The van der Waals surface area contributed by atoms with Gasteiger partial charge < -0.3 is 9.80 Å². The topological polar surface area (TPSA) is 6.48 Å². The van der Waals surface area contributed by atoms with Crippen LogP contribution in [-0.4, -0.2) is 0 Å². The first-order chi connectivity index (χ1) is 28.8. The number of hydrogen-bond acceptors (Lipinski definition) is 2. The minimum Gasteiger partial charge on any atom is -0.309 e. The van der Waals surface area contributed by atoms with E-state index in [-0.39, 0.29) is 0 Å². The van der Waals surface area contributed by atoms with Crippen molar-refractivity contribution in [3.8, 4) is 33.4 Å². The molecule has 0 bridgehead atoms. The Hall–Kier alpha value is -7.68. The molecule has 0 saturated heterocycles.